The van der Waals surface area contributed by atoms with Crippen molar-refractivity contribution in [3.63, 3.8) is 0 Å². The molecule has 1 aliphatic heterocycles. The van der Waals surface area contributed by atoms with E-state index in [2.05, 4.69) is 35.8 Å². The Balaban J connectivity index is 1.43. The highest BCUT2D eigenvalue weighted by molar-refractivity contribution is 5.89. The van der Waals surface area contributed by atoms with E-state index in [0.29, 0.717) is 18.3 Å². The van der Waals surface area contributed by atoms with Crippen molar-refractivity contribution >= 4 is 17.8 Å². The normalized spacial score (nSPS) is 17.4. The van der Waals surface area contributed by atoms with Gasteiger partial charge in [0.05, 0.1) is 0 Å². The third-order valence-electron chi connectivity index (χ3n) is 3.19. The Morgan fingerprint density at radius 2 is 2.23 bits per heavy atom. The second-order valence-electron chi connectivity index (χ2n) is 4.84. The van der Waals surface area contributed by atoms with E-state index in [1.807, 2.05) is 0 Å². The summed E-state index contributed by atoms with van der Waals surface area (Å²) in [5, 5.41) is 12.4. The molecule has 2 aromatic heterocycles. The van der Waals surface area contributed by atoms with Gasteiger partial charge in [0.2, 0.25) is 17.8 Å². The summed E-state index contributed by atoms with van der Waals surface area (Å²) in [6, 6.07) is 1.73. The number of amides is 1. The molecule has 0 bridgehead atoms. The molecule has 0 aliphatic carbocycles. The third-order valence-corrected chi connectivity index (χ3v) is 3.19. The van der Waals surface area contributed by atoms with E-state index < -0.39 is 0 Å². The van der Waals surface area contributed by atoms with Crippen LogP contribution in [0.25, 0.3) is 0 Å². The van der Waals surface area contributed by atoms with Crippen molar-refractivity contribution in [2.45, 2.75) is 25.4 Å². The van der Waals surface area contributed by atoms with Crippen LogP contribution in [0.15, 0.2) is 18.5 Å². The number of hydrogen-bond acceptors (Lipinski definition) is 7. The fraction of sp³-hybridized carbons (Fsp3) is 0.462. The highest BCUT2D eigenvalue weighted by Gasteiger charge is 2.21. The van der Waals surface area contributed by atoms with Gasteiger partial charge in [-0.25, -0.2) is 9.97 Å². The molecule has 1 aliphatic rings. The van der Waals surface area contributed by atoms with Crippen LogP contribution in [-0.2, 0) is 9.53 Å². The van der Waals surface area contributed by atoms with Crippen molar-refractivity contribution in [3.05, 3.63) is 24.3 Å². The molecule has 9 nitrogen and oxygen atoms in total. The van der Waals surface area contributed by atoms with E-state index in [1.54, 1.807) is 18.5 Å². The van der Waals surface area contributed by atoms with Gasteiger partial charge in [0.25, 0.3) is 0 Å². The van der Waals surface area contributed by atoms with E-state index in [0.717, 1.165) is 19.4 Å². The number of aromatic amines is 1. The molecule has 0 spiro atoms. The van der Waals surface area contributed by atoms with Crippen LogP contribution in [0.1, 0.15) is 31.2 Å². The van der Waals surface area contributed by atoms with Crippen LogP contribution in [0, 0.1) is 0 Å². The van der Waals surface area contributed by atoms with E-state index >= 15 is 0 Å². The first-order valence-electron chi connectivity index (χ1n) is 7.16. The minimum atomic E-state index is -0.179. The van der Waals surface area contributed by atoms with Gasteiger partial charge in [-0.3, -0.25) is 15.2 Å². The number of hydrogen-bond donors (Lipinski definition) is 3. The predicted octanol–water partition coefficient (Wildman–Crippen LogP) is 0.887. The molecule has 0 aromatic carbocycles. The number of nitrogens with zero attached hydrogens (tertiary/aromatic N) is 4. The monoisotopic (exact) mass is 303 g/mol. The second-order valence-corrected chi connectivity index (χ2v) is 4.84. The first-order chi connectivity index (χ1) is 10.8. The van der Waals surface area contributed by atoms with Crippen molar-refractivity contribution in [1.29, 1.82) is 0 Å². The van der Waals surface area contributed by atoms with Crippen LogP contribution < -0.4 is 10.6 Å². The predicted molar refractivity (Wildman–Crippen MR) is 78.1 cm³/mol. The van der Waals surface area contributed by atoms with Crippen LogP contribution in [0.3, 0.4) is 0 Å². The fourth-order valence-electron chi connectivity index (χ4n) is 2.13. The van der Waals surface area contributed by atoms with Gasteiger partial charge >= 0.3 is 0 Å². The molecule has 1 atom stereocenters. The van der Waals surface area contributed by atoms with Crippen LogP contribution >= 0.6 is 0 Å². The lowest BCUT2D eigenvalue weighted by Gasteiger charge is -2.04. The number of aromatic nitrogens is 5. The molecule has 9 heteroatoms. The Labute approximate surface area is 126 Å². The minimum Gasteiger partial charge on any atom is -0.370 e. The topological polar surface area (TPSA) is 118 Å². The van der Waals surface area contributed by atoms with Gasteiger partial charge in [-0.2, -0.15) is 4.98 Å². The highest BCUT2D eigenvalue weighted by Crippen LogP contribution is 2.25. The van der Waals surface area contributed by atoms with Gasteiger partial charge in [-0.1, -0.05) is 0 Å². The standard InChI is InChI=1S/C13H17N7O2/c21-10(4-7-16-12-14-5-2-6-15-12)17-13-18-11(19-20-13)9-3-1-8-22-9/h2,5-6,9H,1,3-4,7-8H2,(H,14,15,16)(H2,17,18,19,20,21). The summed E-state index contributed by atoms with van der Waals surface area (Å²) < 4.78 is 5.50. The lowest BCUT2D eigenvalue weighted by atomic mass is 10.2. The first kappa shape index (κ1) is 14.4. The van der Waals surface area contributed by atoms with Crippen LogP contribution in [0.4, 0.5) is 11.9 Å². The maximum Gasteiger partial charge on any atom is 0.248 e. The average molecular weight is 303 g/mol. The lowest BCUT2D eigenvalue weighted by Crippen LogP contribution is -2.17. The molecule has 116 valence electrons. The van der Waals surface area contributed by atoms with Gasteiger partial charge < -0.3 is 10.1 Å². The van der Waals surface area contributed by atoms with Gasteiger partial charge in [-0.15, -0.1) is 5.10 Å². The largest absolute Gasteiger partial charge is 0.370 e. The smallest absolute Gasteiger partial charge is 0.248 e. The summed E-state index contributed by atoms with van der Waals surface area (Å²) in [6.45, 7) is 1.17. The molecule has 0 saturated carbocycles. The molecule has 22 heavy (non-hydrogen) atoms. The number of H-pyrrole nitrogens is 1. The number of carbonyl (C=O) groups is 1. The lowest BCUT2D eigenvalue weighted by molar-refractivity contribution is -0.116. The Morgan fingerprint density at radius 1 is 1.36 bits per heavy atom. The van der Waals surface area contributed by atoms with E-state index in [4.69, 9.17) is 4.74 Å². The van der Waals surface area contributed by atoms with E-state index in [1.165, 1.54) is 0 Å². The summed E-state index contributed by atoms with van der Waals surface area (Å²) in [6.07, 6.45) is 5.42. The first-order valence-corrected chi connectivity index (χ1v) is 7.16. The SMILES string of the molecule is O=C(CCNc1ncccn1)Nc1n[nH]c(C2CCCO2)n1. The minimum absolute atomic E-state index is 0.0463. The summed E-state index contributed by atoms with van der Waals surface area (Å²) in [7, 11) is 0. The molecule has 2 aromatic rings. The van der Waals surface area contributed by atoms with Crippen molar-refractivity contribution in [1.82, 2.24) is 25.1 Å². The Kier molecular flexibility index (Phi) is 4.54. The molecule has 0 radical (unpaired) electrons. The molecule has 1 amide bonds. The quantitative estimate of drug-likeness (QED) is 0.725. The third kappa shape index (κ3) is 3.76. The average Bonchev–Trinajstić information content (AvgIpc) is 3.19. The molecule has 3 N–H and O–H groups in total. The van der Waals surface area contributed by atoms with Crippen LogP contribution in [0.5, 0.6) is 0 Å². The van der Waals surface area contributed by atoms with Crippen molar-refractivity contribution in [2.75, 3.05) is 23.8 Å². The molecule has 1 fully saturated rings. The number of carbonyl (C=O) groups excluding carboxylic acids is 1. The number of nitrogens with one attached hydrogen (secondary N) is 3. The Bertz CT molecular complexity index is 610. The van der Waals surface area contributed by atoms with Crippen molar-refractivity contribution in [3.8, 4) is 0 Å². The van der Waals surface area contributed by atoms with Gasteiger partial charge in [0.1, 0.15) is 6.10 Å². The zero-order chi connectivity index (χ0) is 15.2. The van der Waals surface area contributed by atoms with Crippen LogP contribution in [0.2, 0.25) is 0 Å². The van der Waals surface area contributed by atoms with E-state index in [9.17, 15) is 4.79 Å². The fourth-order valence-corrected chi connectivity index (χ4v) is 2.13. The van der Waals surface area contributed by atoms with Gasteiger partial charge in [-0.05, 0) is 18.9 Å². The molecular formula is C13H17N7O2. The number of anilines is 2. The van der Waals surface area contributed by atoms with E-state index in [-0.39, 0.29) is 24.4 Å². The zero-order valence-electron chi connectivity index (χ0n) is 12.0. The number of rotatable bonds is 6. The maximum atomic E-state index is 11.8. The van der Waals surface area contributed by atoms with Crippen molar-refractivity contribution in [2.24, 2.45) is 0 Å². The molecular weight excluding hydrogens is 286 g/mol. The number of ether oxygens (including phenoxy) is 1. The molecule has 3 rings (SSSR count). The summed E-state index contributed by atoms with van der Waals surface area (Å²) in [5.74, 6) is 1.24. The summed E-state index contributed by atoms with van der Waals surface area (Å²) in [4.78, 5) is 24.1. The van der Waals surface area contributed by atoms with Gasteiger partial charge in [0, 0.05) is 32.0 Å². The molecule has 1 saturated heterocycles. The van der Waals surface area contributed by atoms with Crippen molar-refractivity contribution < 1.29 is 9.53 Å². The maximum absolute atomic E-state index is 11.8. The summed E-state index contributed by atoms with van der Waals surface area (Å²) in [5.41, 5.74) is 0. The molecule has 3 heterocycles. The molecule has 1 unspecified atom stereocenters. The van der Waals surface area contributed by atoms with Crippen LogP contribution in [-0.4, -0.2) is 44.2 Å². The summed E-state index contributed by atoms with van der Waals surface area (Å²) >= 11 is 0. The second kappa shape index (κ2) is 6.94. The Morgan fingerprint density at radius 3 is 3.00 bits per heavy atom. The van der Waals surface area contributed by atoms with Gasteiger partial charge in [0.15, 0.2) is 5.82 Å². The highest BCUT2D eigenvalue weighted by atomic mass is 16.5. The zero-order valence-corrected chi connectivity index (χ0v) is 12.0. The Hall–Kier alpha value is -2.55.